The fourth-order valence-corrected chi connectivity index (χ4v) is 5.78. The fraction of sp³-hybridized carbons (Fsp3) is 0.593. The highest BCUT2D eigenvalue weighted by molar-refractivity contribution is 5.48. The maximum Gasteiger partial charge on any atom is 0.139 e. The quantitative estimate of drug-likeness (QED) is 0.653. The molecule has 0 radical (unpaired) electrons. The molecule has 2 saturated heterocycles. The summed E-state index contributed by atoms with van der Waals surface area (Å²) in [6.45, 7) is 5.73. The number of hydrogen-bond acceptors (Lipinski definition) is 5. The summed E-state index contributed by atoms with van der Waals surface area (Å²) in [5.41, 5.74) is 2.48. The van der Waals surface area contributed by atoms with E-state index in [-0.39, 0.29) is 0 Å². The van der Waals surface area contributed by atoms with Gasteiger partial charge in [0.1, 0.15) is 12.4 Å². The number of hydrogen-bond donors (Lipinski definition) is 1. The molecule has 5 heteroatoms. The van der Waals surface area contributed by atoms with E-state index < -0.39 is 0 Å². The van der Waals surface area contributed by atoms with Gasteiger partial charge >= 0.3 is 0 Å². The minimum absolute atomic E-state index is 0.484. The second-order valence-corrected chi connectivity index (χ2v) is 9.92. The van der Waals surface area contributed by atoms with Crippen LogP contribution in [-0.4, -0.2) is 43.9 Å². The molecule has 5 rings (SSSR count). The van der Waals surface area contributed by atoms with Gasteiger partial charge in [0, 0.05) is 31.8 Å². The number of ether oxygens (including phenoxy) is 2. The fourth-order valence-electron chi connectivity index (χ4n) is 5.78. The first-order valence-electron chi connectivity index (χ1n) is 12.5. The van der Waals surface area contributed by atoms with E-state index in [0.29, 0.717) is 12.0 Å². The first-order chi connectivity index (χ1) is 15.8. The molecule has 1 N–H and O–H groups in total. The number of benzene rings is 1. The van der Waals surface area contributed by atoms with Crippen LogP contribution in [0.4, 0.5) is 5.69 Å². The SMILES string of the molecule is c1ccc(COCC2CCC3CCN(c4cncc(OC[C@@H]5CCCN5)c4)CC3C2)cc1. The minimum atomic E-state index is 0.484. The summed E-state index contributed by atoms with van der Waals surface area (Å²) in [7, 11) is 0. The highest BCUT2D eigenvalue weighted by atomic mass is 16.5. The van der Waals surface area contributed by atoms with E-state index in [1.165, 1.54) is 49.8 Å². The zero-order valence-corrected chi connectivity index (χ0v) is 19.1. The Kier molecular flexibility index (Phi) is 7.24. The second kappa shape index (κ2) is 10.7. The normalized spacial score (nSPS) is 27.8. The van der Waals surface area contributed by atoms with Crippen LogP contribution >= 0.6 is 0 Å². The predicted molar refractivity (Wildman–Crippen MR) is 128 cm³/mol. The summed E-state index contributed by atoms with van der Waals surface area (Å²) in [6.07, 6.45) is 11.6. The Morgan fingerprint density at radius 2 is 1.94 bits per heavy atom. The van der Waals surface area contributed by atoms with Crippen molar-refractivity contribution in [3.8, 4) is 5.75 Å². The van der Waals surface area contributed by atoms with Gasteiger partial charge in [-0.05, 0) is 68.4 Å². The molecule has 1 aromatic heterocycles. The van der Waals surface area contributed by atoms with Gasteiger partial charge in [0.2, 0.25) is 0 Å². The maximum absolute atomic E-state index is 6.09. The van der Waals surface area contributed by atoms with Gasteiger partial charge in [-0.15, -0.1) is 0 Å². The Balaban J connectivity index is 1.12. The number of pyridine rings is 1. The largest absolute Gasteiger partial charge is 0.490 e. The molecule has 3 fully saturated rings. The molecule has 4 atom stereocenters. The number of nitrogens with one attached hydrogen (secondary N) is 1. The molecular formula is C27H37N3O2. The van der Waals surface area contributed by atoms with Crippen LogP contribution in [0.25, 0.3) is 0 Å². The summed E-state index contributed by atoms with van der Waals surface area (Å²) in [5.74, 6) is 3.22. The molecule has 5 nitrogen and oxygen atoms in total. The lowest BCUT2D eigenvalue weighted by molar-refractivity contribution is 0.0464. The molecule has 3 unspecified atom stereocenters. The van der Waals surface area contributed by atoms with E-state index in [9.17, 15) is 0 Å². The molecule has 2 aliphatic heterocycles. The van der Waals surface area contributed by atoms with Gasteiger partial charge in [0.15, 0.2) is 0 Å². The topological polar surface area (TPSA) is 46.6 Å². The van der Waals surface area contributed by atoms with Crippen molar-refractivity contribution in [2.75, 3.05) is 37.7 Å². The van der Waals surface area contributed by atoms with Crippen LogP contribution in [0.5, 0.6) is 5.75 Å². The molecule has 32 heavy (non-hydrogen) atoms. The molecule has 3 aliphatic rings. The molecule has 1 aromatic carbocycles. The molecular weight excluding hydrogens is 398 g/mol. The van der Waals surface area contributed by atoms with Gasteiger partial charge in [-0.2, -0.15) is 0 Å². The average molecular weight is 436 g/mol. The highest BCUT2D eigenvalue weighted by Crippen LogP contribution is 2.40. The standard InChI is InChI=1S/C27H37N3O2/c1-2-5-21(6-3-1)18-31-19-22-8-9-23-10-12-30(17-24(23)13-22)26-14-27(16-28-15-26)32-20-25-7-4-11-29-25/h1-3,5-6,14-16,22-25,29H,4,7-13,17-20H2/t22?,23?,24?,25-/m0/s1. The molecule has 1 saturated carbocycles. The monoisotopic (exact) mass is 435 g/mol. The van der Waals surface area contributed by atoms with Crippen LogP contribution in [0.3, 0.4) is 0 Å². The van der Waals surface area contributed by atoms with Gasteiger partial charge in [-0.1, -0.05) is 30.3 Å². The van der Waals surface area contributed by atoms with E-state index in [1.807, 2.05) is 12.4 Å². The lowest BCUT2D eigenvalue weighted by Gasteiger charge is -2.44. The van der Waals surface area contributed by atoms with Crippen molar-refractivity contribution in [1.82, 2.24) is 10.3 Å². The number of anilines is 1. The molecule has 0 spiro atoms. The van der Waals surface area contributed by atoms with Crippen LogP contribution in [0.1, 0.15) is 44.1 Å². The summed E-state index contributed by atoms with van der Waals surface area (Å²) < 4.78 is 12.1. The molecule has 172 valence electrons. The van der Waals surface area contributed by atoms with Crippen molar-refractivity contribution in [3.63, 3.8) is 0 Å². The molecule has 2 aromatic rings. The van der Waals surface area contributed by atoms with Crippen LogP contribution in [0.15, 0.2) is 48.8 Å². The van der Waals surface area contributed by atoms with E-state index in [0.717, 1.165) is 57.0 Å². The maximum atomic E-state index is 6.09. The third kappa shape index (κ3) is 5.62. The van der Waals surface area contributed by atoms with Crippen LogP contribution in [0, 0.1) is 17.8 Å². The Morgan fingerprint density at radius 3 is 2.81 bits per heavy atom. The number of nitrogens with zero attached hydrogens (tertiary/aromatic N) is 2. The first kappa shape index (κ1) is 21.7. The van der Waals surface area contributed by atoms with E-state index >= 15 is 0 Å². The van der Waals surface area contributed by atoms with E-state index in [2.05, 4.69) is 51.6 Å². The number of piperidine rings is 1. The zero-order valence-electron chi connectivity index (χ0n) is 19.1. The zero-order chi connectivity index (χ0) is 21.6. The molecule has 0 bridgehead atoms. The Hall–Kier alpha value is -2.11. The summed E-state index contributed by atoms with van der Waals surface area (Å²) >= 11 is 0. The third-order valence-corrected chi connectivity index (χ3v) is 7.62. The third-order valence-electron chi connectivity index (χ3n) is 7.62. The molecule has 0 amide bonds. The summed E-state index contributed by atoms with van der Waals surface area (Å²) in [6, 6.07) is 13.2. The van der Waals surface area contributed by atoms with Crippen molar-refractivity contribution in [2.24, 2.45) is 17.8 Å². The van der Waals surface area contributed by atoms with Crippen LogP contribution in [-0.2, 0) is 11.3 Å². The van der Waals surface area contributed by atoms with Gasteiger partial charge in [-0.25, -0.2) is 0 Å². The summed E-state index contributed by atoms with van der Waals surface area (Å²) in [4.78, 5) is 7.02. The van der Waals surface area contributed by atoms with Crippen molar-refractivity contribution in [1.29, 1.82) is 0 Å². The van der Waals surface area contributed by atoms with Gasteiger partial charge < -0.3 is 19.7 Å². The average Bonchev–Trinajstić information content (AvgIpc) is 3.37. The molecule has 3 heterocycles. The van der Waals surface area contributed by atoms with Crippen LogP contribution < -0.4 is 15.0 Å². The number of rotatable bonds is 8. The highest BCUT2D eigenvalue weighted by Gasteiger charge is 2.35. The van der Waals surface area contributed by atoms with Crippen molar-refractivity contribution < 1.29 is 9.47 Å². The van der Waals surface area contributed by atoms with Gasteiger partial charge in [0.25, 0.3) is 0 Å². The molecule has 1 aliphatic carbocycles. The minimum Gasteiger partial charge on any atom is -0.490 e. The Bertz CT molecular complexity index is 840. The van der Waals surface area contributed by atoms with Crippen molar-refractivity contribution >= 4 is 5.69 Å². The lowest BCUT2D eigenvalue weighted by Crippen LogP contribution is -2.43. The Labute approximate surface area is 192 Å². The van der Waals surface area contributed by atoms with Crippen molar-refractivity contribution in [2.45, 2.75) is 51.2 Å². The van der Waals surface area contributed by atoms with E-state index in [1.54, 1.807) is 0 Å². The van der Waals surface area contributed by atoms with Crippen molar-refractivity contribution in [3.05, 3.63) is 54.4 Å². The van der Waals surface area contributed by atoms with Crippen LogP contribution in [0.2, 0.25) is 0 Å². The van der Waals surface area contributed by atoms with Gasteiger partial charge in [-0.3, -0.25) is 4.98 Å². The van der Waals surface area contributed by atoms with Gasteiger partial charge in [0.05, 0.1) is 24.7 Å². The lowest BCUT2D eigenvalue weighted by atomic mass is 9.71. The number of aromatic nitrogens is 1. The number of fused-ring (bicyclic) bond motifs is 1. The smallest absolute Gasteiger partial charge is 0.139 e. The second-order valence-electron chi connectivity index (χ2n) is 9.92. The summed E-state index contributed by atoms with van der Waals surface area (Å²) in [5, 5.41) is 3.50. The Morgan fingerprint density at radius 1 is 1.00 bits per heavy atom. The predicted octanol–water partition coefficient (Wildman–Crippen LogP) is 4.67. The van der Waals surface area contributed by atoms with E-state index in [4.69, 9.17) is 9.47 Å². The first-order valence-corrected chi connectivity index (χ1v) is 12.5.